The number of nitrogens with zero attached hydrogens (tertiary/aromatic N) is 3. The summed E-state index contributed by atoms with van der Waals surface area (Å²) in [7, 11) is 0. The Kier molecular flexibility index (Phi) is 7.36. The van der Waals surface area contributed by atoms with Gasteiger partial charge in [0.05, 0.1) is 18.3 Å². The lowest BCUT2D eigenvalue weighted by molar-refractivity contribution is 0.166. The summed E-state index contributed by atoms with van der Waals surface area (Å²) in [4.78, 5) is 11.8. The van der Waals surface area contributed by atoms with Crippen LogP contribution >= 0.6 is 0 Å². The van der Waals surface area contributed by atoms with Crippen molar-refractivity contribution in [3.05, 3.63) is 41.0 Å². The summed E-state index contributed by atoms with van der Waals surface area (Å²) in [5.41, 5.74) is 0.992. The average molecular weight is 402 g/mol. The van der Waals surface area contributed by atoms with Crippen molar-refractivity contribution in [3.8, 4) is 0 Å². The number of furan rings is 1. The van der Waals surface area contributed by atoms with E-state index in [1.54, 1.807) is 0 Å². The van der Waals surface area contributed by atoms with Gasteiger partial charge in [0.1, 0.15) is 17.3 Å². The Morgan fingerprint density at radius 1 is 1.24 bits per heavy atom. The molecule has 0 radical (unpaired) electrons. The lowest BCUT2D eigenvalue weighted by Gasteiger charge is -2.30. The Labute approximate surface area is 174 Å². The molecule has 1 aliphatic rings. The van der Waals surface area contributed by atoms with Crippen LogP contribution in [-0.4, -0.2) is 42.0 Å². The SMILES string of the molecule is CCNC(=NCC1CCN(Cc2nc(C)c(C)o2)CC1)NC(C)c1ccc(C)o1. The highest BCUT2D eigenvalue weighted by atomic mass is 16.4. The van der Waals surface area contributed by atoms with E-state index in [0.29, 0.717) is 5.92 Å². The number of hydrogen-bond donors (Lipinski definition) is 2. The Morgan fingerprint density at radius 2 is 2.00 bits per heavy atom. The molecule has 29 heavy (non-hydrogen) atoms. The van der Waals surface area contributed by atoms with Crippen molar-refractivity contribution >= 4 is 5.96 Å². The summed E-state index contributed by atoms with van der Waals surface area (Å²) >= 11 is 0. The number of hydrogen-bond acceptors (Lipinski definition) is 5. The molecule has 0 amide bonds. The van der Waals surface area contributed by atoms with Gasteiger partial charge in [0.25, 0.3) is 0 Å². The van der Waals surface area contributed by atoms with Crippen molar-refractivity contribution in [2.45, 2.75) is 60.0 Å². The minimum absolute atomic E-state index is 0.0797. The minimum atomic E-state index is 0.0797. The first kappa shape index (κ1) is 21.4. The number of guanidine groups is 1. The van der Waals surface area contributed by atoms with Crippen LogP contribution in [0.15, 0.2) is 26.0 Å². The van der Waals surface area contributed by atoms with E-state index in [-0.39, 0.29) is 6.04 Å². The first-order valence-electron chi connectivity index (χ1n) is 10.7. The molecule has 1 aliphatic heterocycles. The summed E-state index contributed by atoms with van der Waals surface area (Å²) in [6.07, 6.45) is 2.29. The summed E-state index contributed by atoms with van der Waals surface area (Å²) in [5.74, 6) is 5.07. The zero-order chi connectivity index (χ0) is 20.8. The molecule has 3 rings (SSSR count). The highest BCUT2D eigenvalue weighted by molar-refractivity contribution is 5.80. The molecule has 0 bridgehead atoms. The molecule has 0 saturated carbocycles. The minimum Gasteiger partial charge on any atom is -0.464 e. The van der Waals surface area contributed by atoms with Gasteiger partial charge in [-0.15, -0.1) is 0 Å². The second-order valence-electron chi connectivity index (χ2n) is 8.00. The zero-order valence-electron chi connectivity index (χ0n) is 18.4. The van der Waals surface area contributed by atoms with Crippen LogP contribution in [-0.2, 0) is 6.54 Å². The van der Waals surface area contributed by atoms with E-state index in [4.69, 9.17) is 13.8 Å². The third-order valence-electron chi connectivity index (χ3n) is 5.53. The Hall–Kier alpha value is -2.28. The summed E-state index contributed by atoms with van der Waals surface area (Å²) in [6, 6.07) is 4.09. The van der Waals surface area contributed by atoms with E-state index >= 15 is 0 Å². The Bertz CT molecular complexity index is 782. The van der Waals surface area contributed by atoms with E-state index in [1.165, 1.54) is 0 Å². The molecule has 0 spiro atoms. The van der Waals surface area contributed by atoms with Crippen molar-refractivity contribution < 1.29 is 8.83 Å². The van der Waals surface area contributed by atoms with E-state index in [1.807, 2.05) is 32.9 Å². The molecule has 2 aromatic heterocycles. The number of aliphatic imine (C=N–C) groups is 1. The number of piperidine rings is 1. The van der Waals surface area contributed by atoms with Gasteiger partial charge in [-0.3, -0.25) is 9.89 Å². The van der Waals surface area contributed by atoms with Crippen molar-refractivity contribution in [2.75, 3.05) is 26.2 Å². The zero-order valence-corrected chi connectivity index (χ0v) is 18.4. The van der Waals surface area contributed by atoms with Crippen LogP contribution in [0.1, 0.15) is 61.6 Å². The van der Waals surface area contributed by atoms with Gasteiger partial charge >= 0.3 is 0 Å². The molecular formula is C22H35N5O2. The summed E-state index contributed by atoms with van der Waals surface area (Å²) in [6.45, 7) is 14.7. The normalized spacial score (nSPS) is 17.5. The first-order valence-corrected chi connectivity index (χ1v) is 10.7. The number of oxazole rings is 1. The van der Waals surface area contributed by atoms with Crippen molar-refractivity contribution in [1.82, 2.24) is 20.5 Å². The van der Waals surface area contributed by atoms with Crippen molar-refractivity contribution in [2.24, 2.45) is 10.9 Å². The van der Waals surface area contributed by atoms with E-state index in [9.17, 15) is 0 Å². The Balaban J connectivity index is 1.47. The van der Waals surface area contributed by atoms with E-state index in [0.717, 1.165) is 80.4 Å². The molecule has 1 atom stereocenters. The standard InChI is InChI=1S/C22H35N5O2/c1-6-23-22(26-17(4)20-8-7-15(2)28-20)24-13-19-9-11-27(12-10-19)14-21-25-16(3)18(5)29-21/h7-8,17,19H,6,9-14H2,1-5H3,(H2,23,24,26). The predicted octanol–water partition coefficient (Wildman–Crippen LogP) is 3.72. The molecule has 7 nitrogen and oxygen atoms in total. The number of rotatable bonds is 7. The van der Waals surface area contributed by atoms with Gasteiger partial charge in [0.15, 0.2) is 5.96 Å². The molecule has 1 fully saturated rings. The third-order valence-corrected chi connectivity index (χ3v) is 5.53. The molecule has 2 N–H and O–H groups in total. The number of aromatic nitrogens is 1. The topological polar surface area (TPSA) is 78.8 Å². The lowest BCUT2D eigenvalue weighted by atomic mass is 9.97. The summed E-state index contributed by atoms with van der Waals surface area (Å²) < 4.78 is 11.5. The largest absolute Gasteiger partial charge is 0.464 e. The maximum Gasteiger partial charge on any atom is 0.208 e. The molecular weight excluding hydrogens is 366 g/mol. The van der Waals surface area contributed by atoms with Crippen LogP contribution in [0.2, 0.25) is 0 Å². The van der Waals surface area contributed by atoms with Crippen LogP contribution in [0, 0.1) is 26.7 Å². The maximum atomic E-state index is 5.73. The number of nitrogens with one attached hydrogen (secondary N) is 2. The molecule has 7 heteroatoms. The highest BCUT2D eigenvalue weighted by Gasteiger charge is 2.21. The second-order valence-corrected chi connectivity index (χ2v) is 8.00. The van der Waals surface area contributed by atoms with Gasteiger partial charge < -0.3 is 19.5 Å². The fourth-order valence-corrected chi connectivity index (χ4v) is 3.63. The average Bonchev–Trinajstić information content (AvgIpc) is 3.26. The fourth-order valence-electron chi connectivity index (χ4n) is 3.63. The molecule has 3 heterocycles. The van der Waals surface area contributed by atoms with Gasteiger partial charge in [-0.1, -0.05) is 0 Å². The lowest BCUT2D eigenvalue weighted by Crippen LogP contribution is -2.39. The Morgan fingerprint density at radius 3 is 2.59 bits per heavy atom. The molecule has 0 aliphatic carbocycles. The summed E-state index contributed by atoms with van der Waals surface area (Å²) in [5, 5.41) is 6.80. The number of aryl methyl sites for hydroxylation is 3. The van der Waals surface area contributed by atoms with Gasteiger partial charge in [0.2, 0.25) is 5.89 Å². The number of likely N-dealkylation sites (tertiary alicyclic amines) is 1. The molecule has 160 valence electrons. The van der Waals surface area contributed by atoms with Crippen LogP contribution in [0.25, 0.3) is 0 Å². The van der Waals surface area contributed by atoms with Crippen LogP contribution in [0.5, 0.6) is 0 Å². The van der Waals surface area contributed by atoms with Gasteiger partial charge in [-0.25, -0.2) is 4.98 Å². The van der Waals surface area contributed by atoms with Gasteiger partial charge in [0, 0.05) is 13.1 Å². The van der Waals surface area contributed by atoms with Crippen LogP contribution in [0.4, 0.5) is 0 Å². The predicted molar refractivity (Wildman–Crippen MR) is 115 cm³/mol. The molecule has 0 aromatic carbocycles. The van der Waals surface area contributed by atoms with Crippen molar-refractivity contribution in [1.29, 1.82) is 0 Å². The first-order chi connectivity index (χ1) is 13.9. The molecule has 2 aromatic rings. The van der Waals surface area contributed by atoms with Crippen LogP contribution < -0.4 is 10.6 Å². The van der Waals surface area contributed by atoms with Gasteiger partial charge in [-0.2, -0.15) is 0 Å². The van der Waals surface area contributed by atoms with E-state index < -0.39 is 0 Å². The van der Waals surface area contributed by atoms with E-state index in [2.05, 4.69) is 34.4 Å². The second kappa shape index (κ2) is 9.96. The molecule has 1 unspecified atom stereocenters. The molecule has 1 saturated heterocycles. The monoisotopic (exact) mass is 401 g/mol. The fraction of sp³-hybridized carbons (Fsp3) is 0.636. The third kappa shape index (κ3) is 6.10. The smallest absolute Gasteiger partial charge is 0.208 e. The van der Waals surface area contributed by atoms with Crippen molar-refractivity contribution in [3.63, 3.8) is 0 Å². The van der Waals surface area contributed by atoms with Crippen LogP contribution in [0.3, 0.4) is 0 Å². The maximum absolute atomic E-state index is 5.73. The highest BCUT2D eigenvalue weighted by Crippen LogP contribution is 2.20. The van der Waals surface area contributed by atoms with Gasteiger partial charge in [-0.05, 0) is 78.6 Å². The quantitative estimate of drug-likeness (QED) is 0.544.